The molecule has 4 nitrogen and oxygen atoms in total. The van der Waals surface area contributed by atoms with Crippen LogP contribution in [0.25, 0.3) is 0 Å². The second kappa shape index (κ2) is 4.37. The van der Waals surface area contributed by atoms with E-state index in [0.29, 0.717) is 6.54 Å². The fraction of sp³-hybridized carbons (Fsp3) is 0.462. The van der Waals surface area contributed by atoms with Gasteiger partial charge in [-0.1, -0.05) is 18.2 Å². The summed E-state index contributed by atoms with van der Waals surface area (Å²) in [7, 11) is 0. The van der Waals surface area contributed by atoms with Gasteiger partial charge in [0, 0.05) is 18.8 Å². The number of aryl methyl sites for hydroxylation is 1. The number of hydrogen-bond donors (Lipinski definition) is 1. The topological polar surface area (TPSA) is 44.9 Å². The number of epoxide rings is 1. The first-order valence-corrected chi connectivity index (χ1v) is 6.09. The van der Waals surface area contributed by atoms with Gasteiger partial charge in [-0.25, -0.2) is 4.79 Å². The summed E-state index contributed by atoms with van der Waals surface area (Å²) in [6.07, 6.45) is 2.33. The number of para-hydroxylation sites is 1. The maximum Gasteiger partial charge on any atom is 0.321 e. The highest BCUT2D eigenvalue weighted by atomic mass is 16.6. The molecule has 1 fully saturated rings. The van der Waals surface area contributed by atoms with E-state index in [0.717, 1.165) is 31.7 Å². The second-order valence-corrected chi connectivity index (χ2v) is 4.53. The Morgan fingerprint density at radius 2 is 2.29 bits per heavy atom. The number of urea groups is 1. The molecule has 0 radical (unpaired) electrons. The third-order valence-electron chi connectivity index (χ3n) is 3.24. The number of nitrogens with zero attached hydrogens (tertiary/aromatic N) is 1. The monoisotopic (exact) mass is 232 g/mol. The molecule has 1 aromatic rings. The lowest BCUT2D eigenvalue weighted by atomic mass is 10.0. The molecule has 2 aliphatic heterocycles. The van der Waals surface area contributed by atoms with Crippen LogP contribution in [0.5, 0.6) is 0 Å². The first kappa shape index (κ1) is 10.6. The normalized spacial score (nSPS) is 21.9. The number of carbonyl (C=O) groups excluding carboxylic acids is 1. The zero-order chi connectivity index (χ0) is 11.7. The van der Waals surface area contributed by atoms with Crippen LogP contribution in [0.3, 0.4) is 0 Å². The van der Waals surface area contributed by atoms with E-state index in [1.54, 1.807) is 0 Å². The van der Waals surface area contributed by atoms with E-state index < -0.39 is 0 Å². The Labute approximate surface area is 101 Å². The highest BCUT2D eigenvalue weighted by Gasteiger charge is 2.26. The largest absolute Gasteiger partial charge is 0.371 e. The van der Waals surface area contributed by atoms with Crippen LogP contribution in [0, 0.1) is 0 Å². The molecule has 0 spiro atoms. The van der Waals surface area contributed by atoms with Crippen LogP contribution in [0.15, 0.2) is 24.3 Å². The van der Waals surface area contributed by atoms with E-state index in [4.69, 9.17) is 4.74 Å². The fourth-order valence-corrected chi connectivity index (χ4v) is 2.23. The molecule has 0 aromatic heterocycles. The van der Waals surface area contributed by atoms with Gasteiger partial charge in [-0.2, -0.15) is 0 Å². The SMILES string of the molecule is O=C(NCC1CO1)N1CCCc2ccccc21. The van der Waals surface area contributed by atoms with E-state index in [-0.39, 0.29) is 12.1 Å². The molecule has 1 unspecified atom stereocenters. The lowest BCUT2D eigenvalue weighted by Gasteiger charge is -2.29. The maximum atomic E-state index is 12.1. The predicted molar refractivity (Wildman–Crippen MR) is 65.2 cm³/mol. The van der Waals surface area contributed by atoms with Crippen LogP contribution in [-0.2, 0) is 11.2 Å². The Hall–Kier alpha value is -1.55. The van der Waals surface area contributed by atoms with Gasteiger partial charge in [0.1, 0.15) is 0 Å². The minimum Gasteiger partial charge on any atom is -0.371 e. The van der Waals surface area contributed by atoms with E-state index in [2.05, 4.69) is 11.4 Å². The number of fused-ring (bicyclic) bond motifs is 1. The van der Waals surface area contributed by atoms with E-state index >= 15 is 0 Å². The summed E-state index contributed by atoms with van der Waals surface area (Å²) in [5, 5.41) is 2.92. The van der Waals surface area contributed by atoms with Gasteiger partial charge in [0.15, 0.2) is 0 Å². The summed E-state index contributed by atoms with van der Waals surface area (Å²) < 4.78 is 5.08. The van der Waals surface area contributed by atoms with Crippen molar-refractivity contribution in [3.63, 3.8) is 0 Å². The van der Waals surface area contributed by atoms with E-state index in [1.165, 1.54) is 5.56 Å². The van der Waals surface area contributed by atoms with Gasteiger partial charge in [-0.05, 0) is 24.5 Å². The van der Waals surface area contributed by atoms with Crippen molar-refractivity contribution >= 4 is 11.7 Å². The molecule has 1 atom stereocenters. The van der Waals surface area contributed by atoms with Crippen LogP contribution < -0.4 is 10.2 Å². The minimum atomic E-state index is -0.00681. The van der Waals surface area contributed by atoms with Crippen molar-refractivity contribution in [1.82, 2.24) is 5.32 Å². The Bertz CT molecular complexity index is 429. The number of hydrogen-bond acceptors (Lipinski definition) is 2. The molecule has 1 saturated heterocycles. The fourth-order valence-electron chi connectivity index (χ4n) is 2.23. The average molecular weight is 232 g/mol. The number of benzene rings is 1. The minimum absolute atomic E-state index is 0.00681. The smallest absolute Gasteiger partial charge is 0.321 e. The zero-order valence-electron chi connectivity index (χ0n) is 9.69. The summed E-state index contributed by atoms with van der Waals surface area (Å²) in [4.78, 5) is 13.9. The molecular formula is C13H16N2O2. The first-order chi connectivity index (χ1) is 8.34. The van der Waals surface area contributed by atoms with Gasteiger partial charge < -0.3 is 10.1 Å². The molecule has 2 heterocycles. The molecule has 3 rings (SSSR count). The lowest BCUT2D eigenvalue weighted by molar-refractivity contribution is 0.244. The maximum absolute atomic E-state index is 12.1. The summed E-state index contributed by atoms with van der Waals surface area (Å²) >= 11 is 0. The number of amides is 2. The molecule has 1 N–H and O–H groups in total. The molecule has 1 aromatic carbocycles. The van der Waals surface area contributed by atoms with E-state index in [9.17, 15) is 4.79 Å². The number of ether oxygens (including phenoxy) is 1. The Kier molecular flexibility index (Phi) is 2.73. The molecule has 17 heavy (non-hydrogen) atoms. The van der Waals surface area contributed by atoms with Gasteiger partial charge in [-0.3, -0.25) is 4.90 Å². The highest BCUT2D eigenvalue weighted by molar-refractivity contribution is 5.93. The molecular weight excluding hydrogens is 216 g/mol. The number of anilines is 1. The van der Waals surface area contributed by atoms with Gasteiger partial charge >= 0.3 is 6.03 Å². The number of carbonyl (C=O) groups is 1. The molecule has 90 valence electrons. The number of nitrogens with one attached hydrogen (secondary N) is 1. The quantitative estimate of drug-likeness (QED) is 0.786. The Morgan fingerprint density at radius 3 is 3.12 bits per heavy atom. The van der Waals surface area contributed by atoms with Crippen molar-refractivity contribution in [3.05, 3.63) is 29.8 Å². The van der Waals surface area contributed by atoms with Gasteiger partial charge in [0.05, 0.1) is 12.7 Å². The summed E-state index contributed by atoms with van der Waals surface area (Å²) in [6.45, 7) is 2.20. The zero-order valence-corrected chi connectivity index (χ0v) is 9.69. The second-order valence-electron chi connectivity index (χ2n) is 4.53. The van der Waals surface area contributed by atoms with Crippen molar-refractivity contribution in [1.29, 1.82) is 0 Å². The average Bonchev–Trinajstić information content (AvgIpc) is 3.19. The molecule has 0 saturated carbocycles. The Balaban J connectivity index is 1.72. The standard InChI is InChI=1S/C13H16N2O2/c16-13(14-8-11-9-17-11)15-7-3-5-10-4-1-2-6-12(10)15/h1-2,4,6,11H,3,5,7-9H2,(H,14,16). The van der Waals surface area contributed by atoms with Crippen molar-refractivity contribution in [2.24, 2.45) is 0 Å². The van der Waals surface area contributed by atoms with E-state index in [1.807, 2.05) is 23.1 Å². The van der Waals surface area contributed by atoms with Crippen molar-refractivity contribution in [2.75, 3.05) is 24.6 Å². The van der Waals surface area contributed by atoms with Crippen LogP contribution in [0.2, 0.25) is 0 Å². The third kappa shape index (κ3) is 2.26. The Morgan fingerprint density at radius 1 is 1.47 bits per heavy atom. The first-order valence-electron chi connectivity index (χ1n) is 6.09. The molecule has 0 aliphatic carbocycles. The molecule has 4 heteroatoms. The molecule has 0 bridgehead atoms. The van der Waals surface area contributed by atoms with Crippen LogP contribution >= 0.6 is 0 Å². The molecule has 2 amide bonds. The van der Waals surface area contributed by atoms with Crippen LogP contribution in [0.4, 0.5) is 10.5 Å². The van der Waals surface area contributed by atoms with Gasteiger partial charge in [0.2, 0.25) is 0 Å². The van der Waals surface area contributed by atoms with Crippen LogP contribution in [-0.4, -0.2) is 31.8 Å². The summed E-state index contributed by atoms with van der Waals surface area (Å²) in [5.74, 6) is 0. The lowest BCUT2D eigenvalue weighted by Crippen LogP contribution is -2.44. The number of rotatable bonds is 2. The van der Waals surface area contributed by atoms with Crippen LogP contribution in [0.1, 0.15) is 12.0 Å². The predicted octanol–water partition coefficient (Wildman–Crippen LogP) is 1.55. The van der Waals surface area contributed by atoms with Crippen molar-refractivity contribution < 1.29 is 9.53 Å². The van der Waals surface area contributed by atoms with Crippen molar-refractivity contribution in [2.45, 2.75) is 18.9 Å². The van der Waals surface area contributed by atoms with Gasteiger partial charge in [-0.15, -0.1) is 0 Å². The summed E-state index contributed by atoms with van der Waals surface area (Å²) in [6, 6.07) is 8.11. The molecule has 2 aliphatic rings. The highest BCUT2D eigenvalue weighted by Crippen LogP contribution is 2.26. The summed E-state index contributed by atoms with van der Waals surface area (Å²) in [5.41, 5.74) is 2.31. The van der Waals surface area contributed by atoms with Crippen molar-refractivity contribution in [3.8, 4) is 0 Å². The third-order valence-corrected chi connectivity index (χ3v) is 3.24. The van der Waals surface area contributed by atoms with Gasteiger partial charge in [0.25, 0.3) is 0 Å².